The summed E-state index contributed by atoms with van der Waals surface area (Å²) in [7, 11) is 0. The molecular weight excluding hydrogens is 402 g/mol. The molecule has 30 heavy (non-hydrogen) atoms. The summed E-state index contributed by atoms with van der Waals surface area (Å²) in [5.41, 5.74) is 1.71. The van der Waals surface area contributed by atoms with Crippen LogP contribution >= 0.6 is 11.8 Å². The second kappa shape index (κ2) is 9.51. The number of amides is 2. The van der Waals surface area contributed by atoms with Crippen LogP contribution < -0.4 is 0 Å². The number of rotatable bonds is 5. The number of thioether (sulfide) groups is 1. The average Bonchev–Trinajstić information content (AvgIpc) is 3.19. The van der Waals surface area contributed by atoms with E-state index in [9.17, 15) is 9.59 Å². The standard InChI is InChI=1S/C21H29N5O3S/c1-5-16-8-6-7-9-17(16)26-15-22-23-19(26)30-14-18(27)24-10-12-25(13-11-24)20(28)29-21(2,3)4/h6-9,15H,5,10-14H2,1-4H3. The first-order valence-electron chi connectivity index (χ1n) is 10.2. The lowest BCUT2D eigenvalue weighted by molar-refractivity contribution is -0.130. The molecule has 1 aliphatic rings. The summed E-state index contributed by atoms with van der Waals surface area (Å²) in [6.45, 7) is 9.61. The maximum absolute atomic E-state index is 12.7. The van der Waals surface area contributed by atoms with Gasteiger partial charge in [-0.15, -0.1) is 10.2 Å². The smallest absolute Gasteiger partial charge is 0.410 e. The highest BCUT2D eigenvalue weighted by Crippen LogP contribution is 2.23. The van der Waals surface area contributed by atoms with E-state index in [0.29, 0.717) is 31.3 Å². The van der Waals surface area contributed by atoms with Gasteiger partial charge >= 0.3 is 6.09 Å². The van der Waals surface area contributed by atoms with Gasteiger partial charge < -0.3 is 14.5 Å². The molecule has 1 saturated heterocycles. The van der Waals surface area contributed by atoms with E-state index in [4.69, 9.17) is 4.74 Å². The van der Waals surface area contributed by atoms with Gasteiger partial charge in [0.1, 0.15) is 11.9 Å². The predicted octanol–water partition coefficient (Wildman–Crippen LogP) is 3.00. The molecule has 1 aromatic carbocycles. The van der Waals surface area contributed by atoms with Crippen LogP contribution in [0, 0.1) is 0 Å². The number of hydrogen-bond acceptors (Lipinski definition) is 6. The predicted molar refractivity (Wildman–Crippen MR) is 116 cm³/mol. The molecule has 3 rings (SSSR count). The maximum atomic E-state index is 12.7. The number of aromatic nitrogens is 3. The fourth-order valence-electron chi connectivity index (χ4n) is 3.22. The number of aryl methyl sites for hydroxylation is 1. The summed E-state index contributed by atoms with van der Waals surface area (Å²) in [5, 5.41) is 8.91. The van der Waals surface area contributed by atoms with Crippen molar-refractivity contribution in [3.05, 3.63) is 36.2 Å². The van der Waals surface area contributed by atoms with E-state index in [-0.39, 0.29) is 17.8 Å². The number of piperazine rings is 1. The molecular formula is C21H29N5O3S. The third kappa shape index (κ3) is 5.53. The quantitative estimate of drug-likeness (QED) is 0.677. The molecule has 0 N–H and O–H groups in total. The molecule has 8 nitrogen and oxygen atoms in total. The number of carbonyl (C=O) groups excluding carboxylic acids is 2. The monoisotopic (exact) mass is 431 g/mol. The Morgan fingerprint density at radius 3 is 2.43 bits per heavy atom. The lowest BCUT2D eigenvalue weighted by atomic mass is 10.1. The molecule has 1 aromatic heterocycles. The average molecular weight is 432 g/mol. The van der Waals surface area contributed by atoms with Crippen molar-refractivity contribution in [1.82, 2.24) is 24.6 Å². The molecule has 9 heteroatoms. The van der Waals surface area contributed by atoms with Gasteiger partial charge in [-0.05, 0) is 38.8 Å². The SMILES string of the molecule is CCc1ccccc1-n1cnnc1SCC(=O)N1CCN(C(=O)OC(C)(C)C)CC1. The lowest BCUT2D eigenvalue weighted by Gasteiger charge is -2.35. The molecule has 162 valence electrons. The van der Waals surface area contributed by atoms with E-state index >= 15 is 0 Å². The summed E-state index contributed by atoms with van der Waals surface area (Å²) in [6, 6.07) is 8.11. The van der Waals surface area contributed by atoms with E-state index in [1.165, 1.54) is 17.3 Å². The van der Waals surface area contributed by atoms with Crippen molar-refractivity contribution in [3.63, 3.8) is 0 Å². The van der Waals surface area contributed by atoms with Gasteiger partial charge in [0.05, 0.1) is 11.4 Å². The highest BCUT2D eigenvalue weighted by atomic mass is 32.2. The first-order valence-corrected chi connectivity index (χ1v) is 11.1. The van der Waals surface area contributed by atoms with Gasteiger partial charge in [-0.3, -0.25) is 9.36 Å². The van der Waals surface area contributed by atoms with Crippen molar-refractivity contribution in [3.8, 4) is 5.69 Å². The summed E-state index contributed by atoms with van der Waals surface area (Å²) in [5.74, 6) is 0.307. The maximum Gasteiger partial charge on any atom is 0.410 e. The first kappa shape index (κ1) is 22.1. The van der Waals surface area contributed by atoms with Gasteiger partial charge in [0.15, 0.2) is 5.16 Å². The molecule has 1 aliphatic heterocycles. The lowest BCUT2D eigenvalue weighted by Crippen LogP contribution is -2.52. The van der Waals surface area contributed by atoms with Gasteiger partial charge in [0.2, 0.25) is 5.91 Å². The Morgan fingerprint density at radius 1 is 1.10 bits per heavy atom. The molecule has 0 bridgehead atoms. The van der Waals surface area contributed by atoms with Crippen LogP contribution in [-0.4, -0.2) is 74.1 Å². The highest BCUT2D eigenvalue weighted by Gasteiger charge is 2.27. The van der Waals surface area contributed by atoms with Crippen LogP contribution in [0.15, 0.2) is 35.7 Å². The van der Waals surface area contributed by atoms with E-state index in [1.54, 1.807) is 16.1 Å². The zero-order valence-electron chi connectivity index (χ0n) is 18.0. The Kier molecular flexibility index (Phi) is 7.02. The third-order valence-electron chi connectivity index (χ3n) is 4.76. The van der Waals surface area contributed by atoms with Crippen LogP contribution in [0.2, 0.25) is 0 Å². The van der Waals surface area contributed by atoms with Crippen molar-refractivity contribution in [2.45, 2.75) is 44.9 Å². The number of benzene rings is 1. The number of ether oxygens (including phenoxy) is 1. The van der Waals surface area contributed by atoms with Crippen LogP contribution in [0.1, 0.15) is 33.3 Å². The fraction of sp³-hybridized carbons (Fsp3) is 0.524. The second-order valence-electron chi connectivity index (χ2n) is 8.10. The summed E-state index contributed by atoms with van der Waals surface area (Å²) in [6.07, 6.45) is 2.26. The molecule has 0 atom stereocenters. The van der Waals surface area contributed by atoms with E-state index in [2.05, 4.69) is 23.2 Å². The Labute approximate surface area is 181 Å². The van der Waals surface area contributed by atoms with Crippen LogP contribution in [0.4, 0.5) is 4.79 Å². The summed E-state index contributed by atoms with van der Waals surface area (Å²) >= 11 is 1.38. The molecule has 2 amide bonds. The van der Waals surface area contributed by atoms with Gasteiger partial charge in [0.25, 0.3) is 0 Å². The van der Waals surface area contributed by atoms with Crippen LogP contribution in [-0.2, 0) is 16.0 Å². The minimum atomic E-state index is -0.521. The van der Waals surface area contributed by atoms with Crippen LogP contribution in [0.25, 0.3) is 5.69 Å². The zero-order valence-corrected chi connectivity index (χ0v) is 18.8. The van der Waals surface area contributed by atoms with Crippen molar-refractivity contribution in [2.75, 3.05) is 31.9 Å². The van der Waals surface area contributed by atoms with Crippen LogP contribution in [0.5, 0.6) is 0 Å². The molecule has 1 fully saturated rings. The Balaban J connectivity index is 1.54. The van der Waals surface area contributed by atoms with E-state index in [0.717, 1.165) is 12.1 Å². The number of para-hydroxylation sites is 1. The summed E-state index contributed by atoms with van der Waals surface area (Å²) < 4.78 is 7.33. The topological polar surface area (TPSA) is 80.6 Å². The van der Waals surface area contributed by atoms with Crippen molar-refractivity contribution < 1.29 is 14.3 Å². The number of carbonyl (C=O) groups is 2. The molecule has 2 aromatic rings. The molecule has 0 saturated carbocycles. The Morgan fingerprint density at radius 2 is 1.77 bits per heavy atom. The minimum Gasteiger partial charge on any atom is -0.444 e. The molecule has 0 spiro atoms. The summed E-state index contributed by atoms with van der Waals surface area (Å²) in [4.78, 5) is 28.3. The molecule has 0 radical (unpaired) electrons. The minimum absolute atomic E-state index is 0.0298. The Hall–Kier alpha value is -2.55. The molecule has 0 unspecified atom stereocenters. The highest BCUT2D eigenvalue weighted by molar-refractivity contribution is 7.99. The van der Waals surface area contributed by atoms with Gasteiger partial charge in [0, 0.05) is 26.2 Å². The van der Waals surface area contributed by atoms with Crippen molar-refractivity contribution in [2.24, 2.45) is 0 Å². The van der Waals surface area contributed by atoms with E-state index in [1.807, 2.05) is 43.5 Å². The third-order valence-corrected chi connectivity index (χ3v) is 5.69. The van der Waals surface area contributed by atoms with Gasteiger partial charge in [-0.1, -0.05) is 36.9 Å². The van der Waals surface area contributed by atoms with E-state index < -0.39 is 5.60 Å². The number of nitrogens with zero attached hydrogens (tertiary/aromatic N) is 5. The second-order valence-corrected chi connectivity index (χ2v) is 9.05. The van der Waals surface area contributed by atoms with Gasteiger partial charge in [-0.25, -0.2) is 4.79 Å². The van der Waals surface area contributed by atoms with Crippen molar-refractivity contribution >= 4 is 23.8 Å². The van der Waals surface area contributed by atoms with Gasteiger partial charge in [-0.2, -0.15) is 0 Å². The number of hydrogen-bond donors (Lipinski definition) is 0. The molecule has 2 heterocycles. The molecule has 0 aliphatic carbocycles. The first-order chi connectivity index (χ1) is 14.3. The largest absolute Gasteiger partial charge is 0.444 e. The zero-order chi connectivity index (χ0) is 21.7. The van der Waals surface area contributed by atoms with Crippen molar-refractivity contribution in [1.29, 1.82) is 0 Å². The Bertz CT molecular complexity index is 885. The normalized spacial score (nSPS) is 14.7. The fourth-order valence-corrected chi connectivity index (χ4v) is 4.04. The van der Waals surface area contributed by atoms with Crippen LogP contribution in [0.3, 0.4) is 0 Å².